The molecule has 9 heteroatoms. The Bertz CT molecular complexity index is 1110. The van der Waals surface area contributed by atoms with Crippen molar-refractivity contribution in [2.75, 3.05) is 11.9 Å². The van der Waals surface area contributed by atoms with Gasteiger partial charge in [0.25, 0.3) is 11.8 Å². The predicted molar refractivity (Wildman–Crippen MR) is 122 cm³/mol. The summed E-state index contributed by atoms with van der Waals surface area (Å²) in [5.74, 6) is -1.66. The van der Waals surface area contributed by atoms with Crippen molar-refractivity contribution >= 4 is 46.7 Å². The van der Waals surface area contributed by atoms with E-state index < -0.39 is 30.4 Å². The molecule has 0 spiro atoms. The molecule has 0 saturated heterocycles. The fraction of sp³-hybridized carbons (Fsp3) is 0.130. The Hall–Kier alpha value is -3.42. The highest BCUT2D eigenvalue weighted by atomic mass is 35.5. The van der Waals surface area contributed by atoms with E-state index in [1.165, 1.54) is 6.20 Å². The van der Waals surface area contributed by atoms with Gasteiger partial charge >= 0.3 is 5.97 Å². The monoisotopic (exact) mass is 471 g/mol. The Labute approximate surface area is 194 Å². The maximum absolute atomic E-state index is 12.7. The number of benzene rings is 2. The minimum atomic E-state index is -0.677. The summed E-state index contributed by atoms with van der Waals surface area (Å²) < 4.78 is 5.09. The molecular weight excluding hydrogens is 453 g/mol. The smallest absolute Gasteiger partial charge is 0.308 e. The Kier molecular flexibility index (Phi) is 8.19. The molecule has 1 heterocycles. The van der Waals surface area contributed by atoms with Gasteiger partial charge in [0.05, 0.1) is 28.7 Å². The normalized spacial score (nSPS) is 11.3. The Morgan fingerprint density at radius 1 is 0.938 bits per heavy atom. The number of rotatable bonds is 8. The van der Waals surface area contributed by atoms with Crippen LogP contribution in [0, 0.1) is 0 Å². The minimum Gasteiger partial charge on any atom is -0.455 e. The zero-order valence-electron chi connectivity index (χ0n) is 16.8. The molecule has 1 unspecified atom stereocenters. The second-order valence-electron chi connectivity index (χ2n) is 6.67. The van der Waals surface area contributed by atoms with Crippen LogP contribution in [0.15, 0.2) is 72.9 Å². The van der Waals surface area contributed by atoms with Crippen LogP contribution in [0.25, 0.3) is 0 Å². The zero-order valence-corrected chi connectivity index (χ0v) is 18.3. The standard InChI is InChI=1S/C23H19Cl2N3O4/c24-17-10-5-4-9-16(17)23(31)28-19(15-7-2-1-3-8-15)13-21(30)32-14-20(29)27-18-11-6-12-26-22(18)25/h1-12,19H,13-14H2,(H,27,29)(H,28,31). The number of halogens is 2. The first-order valence-electron chi connectivity index (χ1n) is 9.60. The first-order chi connectivity index (χ1) is 15.4. The summed E-state index contributed by atoms with van der Waals surface area (Å²) in [7, 11) is 0. The van der Waals surface area contributed by atoms with Gasteiger partial charge in [0.15, 0.2) is 11.8 Å². The number of aromatic nitrogens is 1. The van der Waals surface area contributed by atoms with Crippen molar-refractivity contribution in [2.45, 2.75) is 12.5 Å². The van der Waals surface area contributed by atoms with E-state index in [0.29, 0.717) is 16.3 Å². The fourth-order valence-corrected chi connectivity index (χ4v) is 3.24. The van der Waals surface area contributed by atoms with Gasteiger partial charge in [0.2, 0.25) is 0 Å². The average molecular weight is 472 g/mol. The highest BCUT2D eigenvalue weighted by molar-refractivity contribution is 6.33. The number of carbonyl (C=O) groups excluding carboxylic acids is 3. The number of ether oxygens (including phenoxy) is 1. The molecule has 2 amide bonds. The molecule has 32 heavy (non-hydrogen) atoms. The highest BCUT2D eigenvalue weighted by Gasteiger charge is 2.21. The van der Waals surface area contributed by atoms with Gasteiger partial charge in [0, 0.05) is 6.20 Å². The topological polar surface area (TPSA) is 97.4 Å². The number of pyridine rings is 1. The van der Waals surface area contributed by atoms with E-state index in [2.05, 4.69) is 15.6 Å². The summed E-state index contributed by atoms with van der Waals surface area (Å²) in [5, 5.41) is 5.74. The van der Waals surface area contributed by atoms with E-state index in [4.69, 9.17) is 27.9 Å². The van der Waals surface area contributed by atoms with E-state index in [1.54, 1.807) is 60.7 Å². The van der Waals surface area contributed by atoms with Crippen molar-refractivity contribution in [1.82, 2.24) is 10.3 Å². The van der Waals surface area contributed by atoms with E-state index in [-0.39, 0.29) is 17.1 Å². The maximum atomic E-state index is 12.7. The summed E-state index contributed by atoms with van der Waals surface area (Å²) in [6, 6.07) is 18.1. The quantitative estimate of drug-likeness (QED) is 0.374. The first kappa shape index (κ1) is 23.2. The number of carbonyl (C=O) groups is 3. The lowest BCUT2D eigenvalue weighted by Gasteiger charge is -2.19. The van der Waals surface area contributed by atoms with Crippen molar-refractivity contribution < 1.29 is 19.1 Å². The van der Waals surface area contributed by atoms with Crippen LogP contribution in [0.2, 0.25) is 10.2 Å². The summed E-state index contributed by atoms with van der Waals surface area (Å²) in [6.07, 6.45) is 1.31. The molecular formula is C23H19Cl2N3O4. The summed E-state index contributed by atoms with van der Waals surface area (Å²) in [6.45, 7) is -0.510. The maximum Gasteiger partial charge on any atom is 0.308 e. The number of anilines is 1. The van der Waals surface area contributed by atoms with E-state index in [0.717, 1.165) is 0 Å². The zero-order chi connectivity index (χ0) is 22.9. The molecule has 7 nitrogen and oxygen atoms in total. The Balaban J connectivity index is 1.62. The van der Waals surface area contributed by atoms with Gasteiger partial charge in [0.1, 0.15) is 0 Å². The lowest BCUT2D eigenvalue weighted by Crippen LogP contribution is -2.31. The van der Waals surface area contributed by atoms with Crippen LogP contribution in [-0.2, 0) is 14.3 Å². The lowest BCUT2D eigenvalue weighted by atomic mass is 10.0. The summed E-state index contributed by atoms with van der Waals surface area (Å²) >= 11 is 12.0. The van der Waals surface area contributed by atoms with Crippen molar-refractivity contribution in [1.29, 1.82) is 0 Å². The number of esters is 1. The van der Waals surface area contributed by atoms with Crippen molar-refractivity contribution in [3.8, 4) is 0 Å². The van der Waals surface area contributed by atoms with Crippen LogP contribution in [0.1, 0.15) is 28.4 Å². The number of nitrogens with zero attached hydrogens (tertiary/aromatic N) is 1. The summed E-state index contributed by atoms with van der Waals surface area (Å²) in [5.41, 5.74) is 1.30. The van der Waals surface area contributed by atoms with Crippen molar-refractivity contribution in [2.24, 2.45) is 0 Å². The molecule has 0 aliphatic heterocycles. The third kappa shape index (κ3) is 6.54. The molecule has 0 aliphatic rings. The predicted octanol–water partition coefficient (Wildman–Crippen LogP) is 4.43. The molecule has 2 aromatic carbocycles. The molecule has 0 fully saturated rings. The van der Waals surface area contributed by atoms with E-state index in [1.807, 2.05) is 6.07 Å². The third-order valence-corrected chi connectivity index (χ3v) is 5.02. The van der Waals surface area contributed by atoms with Gasteiger partial charge in [-0.15, -0.1) is 0 Å². The van der Waals surface area contributed by atoms with Crippen LogP contribution in [0.3, 0.4) is 0 Å². The number of hydrogen-bond donors (Lipinski definition) is 2. The molecule has 1 aromatic heterocycles. The SMILES string of the molecule is O=C(COC(=O)CC(NC(=O)c1ccccc1Cl)c1ccccc1)Nc1cccnc1Cl. The van der Waals surface area contributed by atoms with E-state index in [9.17, 15) is 14.4 Å². The van der Waals surface area contributed by atoms with Crippen LogP contribution < -0.4 is 10.6 Å². The van der Waals surface area contributed by atoms with Crippen LogP contribution in [0.4, 0.5) is 5.69 Å². The molecule has 3 aromatic rings. The molecule has 164 valence electrons. The number of amides is 2. The minimum absolute atomic E-state index is 0.124. The third-order valence-electron chi connectivity index (χ3n) is 4.39. The molecule has 2 N–H and O–H groups in total. The molecule has 0 saturated carbocycles. The number of hydrogen-bond acceptors (Lipinski definition) is 5. The Morgan fingerprint density at radius 2 is 1.66 bits per heavy atom. The van der Waals surface area contributed by atoms with Gasteiger partial charge in [-0.25, -0.2) is 4.98 Å². The molecule has 0 radical (unpaired) electrons. The van der Waals surface area contributed by atoms with Gasteiger partial charge in [-0.05, 0) is 29.8 Å². The first-order valence-corrected chi connectivity index (χ1v) is 10.4. The highest BCUT2D eigenvalue weighted by Crippen LogP contribution is 2.21. The van der Waals surface area contributed by atoms with Crippen molar-refractivity contribution in [3.05, 3.63) is 94.2 Å². The van der Waals surface area contributed by atoms with Crippen LogP contribution >= 0.6 is 23.2 Å². The van der Waals surface area contributed by atoms with Crippen molar-refractivity contribution in [3.63, 3.8) is 0 Å². The van der Waals surface area contributed by atoms with E-state index >= 15 is 0 Å². The lowest BCUT2D eigenvalue weighted by molar-refractivity contribution is -0.147. The van der Waals surface area contributed by atoms with Gasteiger partial charge in [-0.1, -0.05) is 65.7 Å². The average Bonchev–Trinajstić information content (AvgIpc) is 2.79. The Morgan fingerprint density at radius 3 is 2.38 bits per heavy atom. The van der Waals surface area contributed by atoms with Crippen LogP contribution in [-0.4, -0.2) is 29.4 Å². The largest absolute Gasteiger partial charge is 0.455 e. The fourth-order valence-electron chi connectivity index (χ4n) is 2.86. The van der Waals surface area contributed by atoms with Crippen LogP contribution in [0.5, 0.6) is 0 Å². The molecule has 0 aliphatic carbocycles. The van der Waals surface area contributed by atoms with Gasteiger partial charge < -0.3 is 15.4 Å². The second kappa shape index (κ2) is 11.3. The molecule has 3 rings (SSSR count). The van der Waals surface area contributed by atoms with Gasteiger partial charge in [-0.2, -0.15) is 0 Å². The summed E-state index contributed by atoms with van der Waals surface area (Å²) in [4.78, 5) is 41.0. The number of nitrogens with one attached hydrogen (secondary N) is 2. The second-order valence-corrected chi connectivity index (χ2v) is 7.44. The van der Waals surface area contributed by atoms with Gasteiger partial charge in [-0.3, -0.25) is 14.4 Å². The molecule has 1 atom stereocenters. The molecule has 0 bridgehead atoms.